The van der Waals surface area contributed by atoms with Gasteiger partial charge in [0.25, 0.3) is 0 Å². The summed E-state index contributed by atoms with van der Waals surface area (Å²) in [4.78, 5) is 145. The highest BCUT2D eigenvalue weighted by molar-refractivity contribution is 5.81. The molecule has 0 radical (unpaired) electrons. The van der Waals surface area contributed by atoms with Crippen LogP contribution >= 0.6 is 0 Å². The molecule has 0 aromatic rings. The molecule has 9 N–H and O–H groups in total. The lowest BCUT2D eigenvalue weighted by molar-refractivity contribution is -0.142. The fourth-order valence-electron chi connectivity index (χ4n) is 10.3. The Labute approximate surface area is 510 Å². The number of carbonyl (C=O) groups excluding carboxylic acids is 2. The van der Waals surface area contributed by atoms with E-state index in [9.17, 15) is 83.4 Å². The molecule has 0 bridgehead atoms. The SMILES string of the molecule is CC(C)CC(=O)CN1CCN(CC(=O)O)CCN(CC(=O)O)CC1.CC(C)CC(=O)CN1CCN(CC(=O)O)CCN(CC(=O)O)CCN(CC(=O)O)CC1.CC(C)CC1CN(CC(=O)O)CCN(CC(=O)O)CCN(CC(=O)O)CCN1CC(=O)O. The fourth-order valence-corrected chi connectivity index (χ4v) is 10.3. The van der Waals surface area contributed by atoms with Crippen molar-refractivity contribution in [1.82, 2.24) is 53.9 Å². The second-order valence-electron chi connectivity index (χ2n) is 23.8. The number of nitrogens with zero attached hydrogens (tertiary/aromatic N) is 11. The Morgan fingerprint density at radius 2 is 0.448 bits per heavy atom. The predicted octanol–water partition coefficient (Wildman–Crippen LogP) is -2.27. The largest absolute Gasteiger partial charge is 0.480 e. The van der Waals surface area contributed by atoms with Gasteiger partial charge in [-0.05, 0) is 24.2 Å². The number of hydrogen-bond donors (Lipinski definition) is 9. The van der Waals surface area contributed by atoms with Crippen LogP contribution in [0, 0.1) is 17.8 Å². The zero-order valence-corrected chi connectivity index (χ0v) is 52.0. The molecule has 0 aromatic carbocycles. The van der Waals surface area contributed by atoms with Crippen molar-refractivity contribution in [3.63, 3.8) is 0 Å². The van der Waals surface area contributed by atoms with Crippen LogP contribution in [0.15, 0.2) is 0 Å². The van der Waals surface area contributed by atoms with Crippen molar-refractivity contribution in [1.29, 1.82) is 0 Å². The Hall–Kier alpha value is -5.87. The van der Waals surface area contributed by atoms with Crippen molar-refractivity contribution in [2.75, 3.05) is 209 Å². The average molecular weight is 1250 g/mol. The van der Waals surface area contributed by atoms with Crippen molar-refractivity contribution in [2.24, 2.45) is 17.8 Å². The highest BCUT2D eigenvalue weighted by Gasteiger charge is 2.29. The van der Waals surface area contributed by atoms with Gasteiger partial charge >= 0.3 is 53.7 Å². The molecular weight excluding hydrogens is 1150 g/mol. The summed E-state index contributed by atoms with van der Waals surface area (Å²) in [5.74, 6) is -7.73. The molecule has 0 spiro atoms. The number of carbonyl (C=O) groups is 11. The number of hydrogen-bond acceptors (Lipinski definition) is 22. The molecule has 3 rings (SSSR count). The Morgan fingerprint density at radius 1 is 0.264 bits per heavy atom. The summed E-state index contributed by atoms with van der Waals surface area (Å²) in [5.41, 5.74) is 0. The van der Waals surface area contributed by atoms with Crippen LogP contribution in [0.1, 0.15) is 60.8 Å². The van der Waals surface area contributed by atoms with Crippen LogP contribution in [0.3, 0.4) is 0 Å². The Bertz CT molecular complexity index is 2100. The molecule has 1 atom stereocenters. The standard InChI is InChI=1S/C20H36N4O8.C20H36N4O7.C16H29N3O5/c1-15(2)9-16-10-23(13-19(29)30)6-5-21(11-17(25)26)3-4-22(12-18(27)28)7-8-24(16)14-20(31)32;1-16(2)11-17(25)12-21-3-5-22(13-18(26)27)7-9-24(15-20(30)31)10-8-23(6-4-21)14-19(28)29;1-13(2)9-14(20)10-17-3-5-18(11-15(21)22)7-8-19(6-4-17)12-16(23)24/h15-16H,3-14H2,1-2H3,(H,25,26)(H,27,28)(H,29,30)(H,31,32);16H,3-15H2,1-2H3,(H,26,27)(H,28,29)(H,30,31);13H,3-12H2,1-2H3,(H,21,22)(H,23,24). The van der Waals surface area contributed by atoms with Gasteiger partial charge in [-0.15, -0.1) is 0 Å². The van der Waals surface area contributed by atoms with Gasteiger partial charge in [0.05, 0.1) is 72.0 Å². The minimum atomic E-state index is -1.02. The maximum absolute atomic E-state index is 12.3. The Morgan fingerprint density at radius 3 is 0.644 bits per heavy atom. The van der Waals surface area contributed by atoms with Crippen LogP contribution in [0.25, 0.3) is 0 Å². The average Bonchev–Trinajstić information content (AvgIpc) is 3.71. The first-order valence-corrected chi connectivity index (χ1v) is 29.7. The normalized spacial score (nSPS) is 19.7. The molecule has 3 saturated heterocycles. The van der Waals surface area contributed by atoms with E-state index in [1.54, 1.807) is 44.1 Å². The van der Waals surface area contributed by atoms with Gasteiger partial charge in [-0.1, -0.05) is 41.5 Å². The van der Waals surface area contributed by atoms with Crippen LogP contribution in [0.5, 0.6) is 0 Å². The summed E-state index contributed by atoms with van der Waals surface area (Å²) >= 11 is 0. The lowest BCUT2D eigenvalue weighted by atomic mass is 10.0. The fraction of sp³-hybridized carbons (Fsp3) is 0.804. The summed E-state index contributed by atoms with van der Waals surface area (Å²) in [6.45, 7) is 19.6. The lowest BCUT2D eigenvalue weighted by Gasteiger charge is -2.38. The number of rotatable bonds is 28. The molecule has 3 aliphatic rings. The summed E-state index contributed by atoms with van der Waals surface area (Å²) in [6, 6.07) is -0.246. The van der Waals surface area contributed by atoms with Crippen LogP contribution in [0.4, 0.5) is 0 Å². The van der Waals surface area contributed by atoms with E-state index in [-0.39, 0.29) is 94.9 Å². The van der Waals surface area contributed by atoms with E-state index in [1.807, 2.05) is 51.3 Å². The van der Waals surface area contributed by atoms with Gasteiger partial charge in [0.1, 0.15) is 11.6 Å². The van der Waals surface area contributed by atoms with E-state index >= 15 is 0 Å². The van der Waals surface area contributed by atoms with E-state index < -0.39 is 53.7 Å². The van der Waals surface area contributed by atoms with Crippen LogP contribution in [0.2, 0.25) is 0 Å². The molecule has 0 amide bonds. The number of carboxylic acid groups (broad SMARTS) is 9. The second kappa shape index (κ2) is 43.7. The van der Waals surface area contributed by atoms with Gasteiger partial charge in [-0.25, -0.2) is 0 Å². The monoisotopic (exact) mass is 1250 g/mol. The molecule has 0 saturated carbocycles. The summed E-state index contributed by atoms with van der Waals surface area (Å²) in [6.07, 6.45) is 1.62. The highest BCUT2D eigenvalue weighted by atomic mass is 16.4. The van der Waals surface area contributed by atoms with Crippen LogP contribution in [-0.2, 0) is 52.7 Å². The molecule has 3 aliphatic heterocycles. The highest BCUT2D eigenvalue weighted by Crippen LogP contribution is 2.16. The van der Waals surface area contributed by atoms with Gasteiger partial charge in [-0.2, -0.15) is 0 Å². The second-order valence-corrected chi connectivity index (χ2v) is 23.8. The van der Waals surface area contributed by atoms with Crippen molar-refractivity contribution in [2.45, 2.75) is 66.8 Å². The number of ketones is 2. The number of aliphatic carboxylic acids is 9. The van der Waals surface area contributed by atoms with Crippen LogP contribution < -0.4 is 0 Å². The molecule has 31 nitrogen and oxygen atoms in total. The first kappa shape index (κ1) is 79.1. The van der Waals surface area contributed by atoms with E-state index in [2.05, 4.69) is 0 Å². The molecule has 0 aromatic heterocycles. The quantitative estimate of drug-likeness (QED) is 0.0399. The maximum Gasteiger partial charge on any atom is 0.317 e. The summed E-state index contributed by atoms with van der Waals surface area (Å²) in [7, 11) is 0. The molecule has 500 valence electrons. The van der Waals surface area contributed by atoms with Gasteiger partial charge in [0.15, 0.2) is 0 Å². The van der Waals surface area contributed by atoms with Crippen LogP contribution in [-0.4, -0.2) is 381 Å². The third kappa shape index (κ3) is 41.8. The lowest BCUT2D eigenvalue weighted by Crippen LogP contribution is -2.53. The first-order valence-electron chi connectivity index (χ1n) is 29.7. The van der Waals surface area contributed by atoms with Crippen molar-refractivity contribution >= 4 is 65.3 Å². The Balaban J connectivity index is 0.000000660. The minimum absolute atomic E-state index is 0.0747. The maximum atomic E-state index is 12.3. The van der Waals surface area contributed by atoms with Crippen molar-refractivity contribution in [3.05, 3.63) is 0 Å². The summed E-state index contributed by atoms with van der Waals surface area (Å²) < 4.78 is 0. The Kier molecular flexibility index (Phi) is 39.8. The van der Waals surface area contributed by atoms with Gasteiger partial charge < -0.3 is 46.0 Å². The smallest absolute Gasteiger partial charge is 0.317 e. The van der Waals surface area contributed by atoms with Gasteiger partial charge in [-0.3, -0.25) is 107 Å². The molecule has 3 heterocycles. The molecule has 3 fully saturated rings. The third-order valence-electron chi connectivity index (χ3n) is 14.3. The zero-order chi connectivity index (χ0) is 65.8. The topological polar surface area (TPSA) is 405 Å². The zero-order valence-electron chi connectivity index (χ0n) is 52.0. The van der Waals surface area contributed by atoms with Crippen molar-refractivity contribution < 1.29 is 98.7 Å². The molecule has 87 heavy (non-hydrogen) atoms. The van der Waals surface area contributed by atoms with Crippen molar-refractivity contribution in [3.8, 4) is 0 Å². The summed E-state index contributed by atoms with van der Waals surface area (Å²) in [5, 5.41) is 82.8. The first-order chi connectivity index (χ1) is 40.8. The predicted molar refractivity (Wildman–Crippen MR) is 317 cm³/mol. The van der Waals surface area contributed by atoms with Gasteiger partial charge in [0, 0.05) is 156 Å². The number of carboxylic acids is 9. The minimum Gasteiger partial charge on any atom is -0.480 e. The third-order valence-corrected chi connectivity index (χ3v) is 14.3. The molecular formula is C56H101N11O20. The van der Waals surface area contributed by atoms with E-state index in [1.165, 1.54) is 0 Å². The number of Topliss-reactive ketones (excluding diaryl/α,β-unsaturated/α-hetero) is 2. The van der Waals surface area contributed by atoms with Gasteiger partial charge in [0.2, 0.25) is 0 Å². The van der Waals surface area contributed by atoms with E-state index in [4.69, 9.17) is 15.3 Å². The van der Waals surface area contributed by atoms with E-state index in [0.29, 0.717) is 169 Å². The molecule has 0 aliphatic carbocycles. The molecule has 31 heteroatoms. The molecule has 1 unspecified atom stereocenters. The van der Waals surface area contributed by atoms with E-state index in [0.717, 1.165) is 0 Å².